The van der Waals surface area contributed by atoms with E-state index in [4.69, 9.17) is 4.74 Å². The Hall–Kier alpha value is -0.940. The summed E-state index contributed by atoms with van der Waals surface area (Å²) in [5.41, 5.74) is 0. The Bertz CT molecular complexity index is 255. The van der Waals surface area contributed by atoms with E-state index >= 15 is 0 Å². The number of hydrogen-bond acceptors (Lipinski definition) is 4. The molecule has 1 saturated heterocycles. The summed E-state index contributed by atoms with van der Waals surface area (Å²) in [6.07, 6.45) is 1.01. The van der Waals surface area contributed by atoms with Crippen LogP contribution in [0.1, 0.15) is 19.8 Å². The lowest BCUT2D eigenvalue weighted by atomic mass is 10.0. The van der Waals surface area contributed by atoms with Crippen molar-refractivity contribution in [3.63, 3.8) is 0 Å². The van der Waals surface area contributed by atoms with E-state index in [1.165, 1.54) is 11.9 Å². The number of nitrogens with one attached hydrogen (secondary N) is 1. The summed E-state index contributed by atoms with van der Waals surface area (Å²) in [5.74, 6) is -0.244. The van der Waals surface area contributed by atoms with Crippen LogP contribution >= 0.6 is 0 Å². The van der Waals surface area contributed by atoms with E-state index in [1.54, 1.807) is 7.11 Å². The third-order valence-electron chi connectivity index (χ3n) is 2.55. The highest BCUT2D eigenvalue weighted by Crippen LogP contribution is 2.11. The molecule has 0 aromatic rings. The minimum absolute atomic E-state index is 0.0996. The molecule has 1 N–H and O–H groups in total. The van der Waals surface area contributed by atoms with Crippen LogP contribution in [0.2, 0.25) is 0 Å². The zero-order chi connectivity index (χ0) is 11.4. The van der Waals surface area contributed by atoms with Crippen molar-refractivity contribution in [2.45, 2.75) is 31.8 Å². The summed E-state index contributed by atoms with van der Waals surface area (Å²) in [6.45, 7) is 2.51. The van der Waals surface area contributed by atoms with Gasteiger partial charge in [-0.1, -0.05) is 0 Å². The summed E-state index contributed by atoms with van der Waals surface area (Å²) < 4.78 is 4.97. The number of carbonyl (C=O) groups excluding carboxylic acids is 2. The van der Waals surface area contributed by atoms with Gasteiger partial charge in [0.05, 0.1) is 12.6 Å². The van der Waals surface area contributed by atoms with Crippen LogP contribution in [-0.2, 0) is 14.3 Å². The van der Waals surface area contributed by atoms with Crippen LogP contribution in [-0.4, -0.2) is 49.6 Å². The lowest BCUT2D eigenvalue weighted by Gasteiger charge is -2.30. The largest absolute Gasteiger partial charge is 0.383 e. The predicted molar refractivity (Wildman–Crippen MR) is 55.3 cm³/mol. The van der Waals surface area contributed by atoms with Crippen molar-refractivity contribution in [2.75, 3.05) is 20.8 Å². The van der Waals surface area contributed by atoms with Gasteiger partial charge in [0.2, 0.25) is 11.8 Å². The van der Waals surface area contributed by atoms with Gasteiger partial charge in [-0.25, -0.2) is 0 Å². The lowest BCUT2D eigenvalue weighted by molar-refractivity contribution is -0.148. The topological polar surface area (TPSA) is 58.6 Å². The standard InChI is InChI=1S/C10H18N2O3/c1-7(6-15-3)11-8-4-5-9(13)12(2)10(8)14/h7-8,11H,4-6H2,1-3H3. The molecule has 1 rings (SSSR count). The number of rotatable bonds is 4. The van der Waals surface area contributed by atoms with Crippen molar-refractivity contribution in [1.29, 1.82) is 0 Å². The number of hydrogen-bond donors (Lipinski definition) is 1. The van der Waals surface area contributed by atoms with E-state index in [-0.39, 0.29) is 23.9 Å². The summed E-state index contributed by atoms with van der Waals surface area (Å²) in [4.78, 5) is 24.1. The Balaban J connectivity index is 2.49. The van der Waals surface area contributed by atoms with Crippen LogP contribution in [0.5, 0.6) is 0 Å². The van der Waals surface area contributed by atoms with E-state index in [2.05, 4.69) is 5.32 Å². The van der Waals surface area contributed by atoms with Crippen molar-refractivity contribution in [3.05, 3.63) is 0 Å². The zero-order valence-corrected chi connectivity index (χ0v) is 9.45. The molecule has 15 heavy (non-hydrogen) atoms. The molecule has 0 spiro atoms. The molecule has 0 saturated carbocycles. The van der Waals surface area contributed by atoms with Crippen molar-refractivity contribution in [1.82, 2.24) is 10.2 Å². The number of ether oxygens (including phenoxy) is 1. The fraction of sp³-hybridized carbons (Fsp3) is 0.800. The average Bonchev–Trinajstić information content (AvgIpc) is 2.20. The number of piperidine rings is 1. The van der Waals surface area contributed by atoms with Gasteiger partial charge >= 0.3 is 0 Å². The summed E-state index contributed by atoms with van der Waals surface area (Å²) in [5, 5.41) is 3.15. The van der Waals surface area contributed by atoms with Gasteiger partial charge in [0, 0.05) is 26.6 Å². The van der Waals surface area contributed by atoms with Crippen molar-refractivity contribution in [3.8, 4) is 0 Å². The minimum Gasteiger partial charge on any atom is -0.383 e. The van der Waals surface area contributed by atoms with E-state index < -0.39 is 0 Å². The number of imide groups is 1. The quantitative estimate of drug-likeness (QED) is 0.656. The molecule has 0 radical (unpaired) electrons. The van der Waals surface area contributed by atoms with Gasteiger partial charge in [0.1, 0.15) is 0 Å². The summed E-state index contributed by atoms with van der Waals surface area (Å²) in [6, 6.07) is -0.136. The first-order chi connectivity index (χ1) is 7.06. The fourth-order valence-electron chi connectivity index (χ4n) is 1.71. The van der Waals surface area contributed by atoms with Gasteiger partial charge in [0.15, 0.2) is 0 Å². The molecule has 5 heteroatoms. The molecule has 5 nitrogen and oxygen atoms in total. The maximum Gasteiger partial charge on any atom is 0.246 e. The first-order valence-corrected chi connectivity index (χ1v) is 5.11. The molecule has 2 amide bonds. The van der Waals surface area contributed by atoms with Crippen LogP contribution in [0.25, 0.3) is 0 Å². The molecule has 86 valence electrons. The summed E-state index contributed by atoms with van der Waals surface area (Å²) >= 11 is 0. The maximum atomic E-state index is 11.7. The van der Waals surface area contributed by atoms with Crippen LogP contribution in [0.3, 0.4) is 0 Å². The Morgan fingerprint density at radius 2 is 2.27 bits per heavy atom. The van der Waals surface area contributed by atoms with Gasteiger partial charge in [-0.2, -0.15) is 0 Å². The maximum absolute atomic E-state index is 11.7. The molecule has 0 aromatic heterocycles. The lowest BCUT2D eigenvalue weighted by Crippen LogP contribution is -2.54. The molecule has 1 aliphatic heterocycles. The van der Waals surface area contributed by atoms with E-state index in [0.29, 0.717) is 19.4 Å². The number of amides is 2. The Morgan fingerprint density at radius 3 is 2.87 bits per heavy atom. The molecular formula is C10H18N2O3. The smallest absolute Gasteiger partial charge is 0.246 e. The van der Waals surface area contributed by atoms with E-state index in [9.17, 15) is 9.59 Å². The molecule has 1 aliphatic rings. The second kappa shape index (κ2) is 5.23. The first kappa shape index (κ1) is 12.1. The van der Waals surface area contributed by atoms with Crippen molar-refractivity contribution >= 4 is 11.8 Å². The second-order valence-electron chi connectivity index (χ2n) is 3.91. The Morgan fingerprint density at radius 1 is 1.60 bits per heavy atom. The van der Waals surface area contributed by atoms with Gasteiger partial charge in [-0.15, -0.1) is 0 Å². The normalized spacial score (nSPS) is 24.5. The van der Waals surface area contributed by atoms with Crippen LogP contribution in [0.15, 0.2) is 0 Å². The molecule has 1 fully saturated rings. The van der Waals surface area contributed by atoms with Crippen molar-refractivity contribution < 1.29 is 14.3 Å². The Labute approximate surface area is 89.8 Å². The first-order valence-electron chi connectivity index (χ1n) is 5.11. The highest BCUT2D eigenvalue weighted by molar-refractivity contribution is 6.00. The monoisotopic (exact) mass is 214 g/mol. The van der Waals surface area contributed by atoms with Crippen LogP contribution in [0, 0.1) is 0 Å². The fourth-order valence-corrected chi connectivity index (χ4v) is 1.71. The number of methoxy groups -OCH3 is 1. The molecular weight excluding hydrogens is 196 g/mol. The zero-order valence-electron chi connectivity index (χ0n) is 9.45. The van der Waals surface area contributed by atoms with Gasteiger partial charge in [0.25, 0.3) is 0 Å². The van der Waals surface area contributed by atoms with Crippen LogP contribution in [0.4, 0.5) is 0 Å². The van der Waals surface area contributed by atoms with Gasteiger partial charge in [-0.3, -0.25) is 14.5 Å². The number of likely N-dealkylation sites (N-methyl/N-ethyl adjacent to an activating group) is 1. The highest BCUT2D eigenvalue weighted by Gasteiger charge is 2.32. The molecule has 0 aliphatic carbocycles. The number of nitrogens with zero attached hydrogens (tertiary/aromatic N) is 1. The predicted octanol–water partition coefficient (Wildman–Crippen LogP) is -0.242. The number of likely N-dealkylation sites (tertiary alicyclic amines) is 1. The Kier molecular flexibility index (Phi) is 4.23. The van der Waals surface area contributed by atoms with Gasteiger partial charge < -0.3 is 10.1 Å². The third-order valence-corrected chi connectivity index (χ3v) is 2.55. The highest BCUT2D eigenvalue weighted by atomic mass is 16.5. The van der Waals surface area contributed by atoms with Crippen LogP contribution < -0.4 is 5.32 Å². The average molecular weight is 214 g/mol. The SMILES string of the molecule is COCC(C)NC1CCC(=O)N(C)C1=O. The van der Waals surface area contributed by atoms with Gasteiger partial charge in [-0.05, 0) is 13.3 Å². The number of carbonyl (C=O) groups is 2. The molecule has 1 heterocycles. The van der Waals surface area contributed by atoms with E-state index in [1.807, 2.05) is 6.92 Å². The summed E-state index contributed by atoms with van der Waals surface area (Å²) in [7, 11) is 3.15. The minimum atomic E-state index is -0.252. The third kappa shape index (κ3) is 3.00. The van der Waals surface area contributed by atoms with Crippen molar-refractivity contribution in [2.24, 2.45) is 0 Å². The second-order valence-corrected chi connectivity index (χ2v) is 3.91. The molecule has 0 bridgehead atoms. The van der Waals surface area contributed by atoms with E-state index in [0.717, 1.165) is 0 Å². The molecule has 0 aromatic carbocycles. The molecule has 2 atom stereocenters. The molecule has 2 unspecified atom stereocenters.